The molecule has 0 bridgehead atoms. The molecule has 0 saturated carbocycles. The van der Waals surface area contributed by atoms with E-state index in [0.717, 1.165) is 49.5 Å². The fraction of sp³-hybridized carbons (Fsp3) is 0.229. The molecule has 8 nitrogen and oxygen atoms in total. The van der Waals surface area contributed by atoms with Crippen LogP contribution < -0.4 is 5.32 Å². The van der Waals surface area contributed by atoms with Crippen LogP contribution in [0.1, 0.15) is 45.6 Å². The number of aromatic hydroxyl groups is 1. The average Bonchev–Trinajstić information content (AvgIpc) is 3.37. The lowest BCUT2D eigenvalue weighted by molar-refractivity contribution is 0.0940. The highest BCUT2D eigenvalue weighted by molar-refractivity contribution is 6.22. The lowest BCUT2D eigenvalue weighted by Crippen LogP contribution is -2.43. The molecular weight excluding hydrogens is 536 g/mol. The number of rotatable bonds is 8. The van der Waals surface area contributed by atoms with E-state index in [1.54, 1.807) is 18.5 Å². The largest absolute Gasteiger partial charge is 0.494 e. The Labute approximate surface area is 251 Å². The van der Waals surface area contributed by atoms with Gasteiger partial charge in [-0.25, -0.2) is 4.99 Å². The first-order valence-electron chi connectivity index (χ1n) is 14.6. The maximum Gasteiger partial charge on any atom is 0.251 e. The minimum absolute atomic E-state index is 0.00698. The minimum atomic E-state index is -0.191. The molecule has 0 unspecified atom stereocenters. The van der Waals surface area contributed by atoms with Crippen molar-refractivity contribution in [2.24, 2.45) is 4.99 Å². The van der Waals surface area contributed by atoms with Crippen molar-refractivity contribution in [2.75, 3.05) is 33.2 Å². The Kier molecular flexibility index (Phi) is 8.31. The number of nitrogens with one attached hydrogen (secondary N) is 2. The molecule has 2 aromatic heterocycles. The highest BCUT2D eigenvalue weighted by atomic mass is 16.3. The summed E-state index contributed by atoms with van der Waals surface area (Å²) in [5, 5.41) is 14.9. The van der Waals surface area contributed by atoms with Crippen LogP contribution in [0, 0.1) is 0 Å². The summed E-state index contributed by atoms with van der Waals surface area (Å²) in [6, 6.07) is 27.1. The maximum atomic E-state index is 13.3. The van der Waals surface area contributed by atoms with Gasteiger partial charge in [-0.05, 0) is 67.6 Å². The van der Waals surface area contributed by atoms with Crippen molar-refractivity contribution >= 4 is 28.2 Å². The van der Waals surface area contributed by atoms with Gasteiger partial charge in [0.05, 0.1) is 23.0 Å². The van der Waals surface area contributed by atoms with Gasteiger partial charge in [-0.1, -0.05) is 42.5 Å². The van der Waals surface area contributed by atoms with Crippen LogP contribution in [0.3, 0.4) is 0 Å². The second-order valence-electron chi connectivity index (χ2n) is 11.2. The SMILES string of the molecule is C[C@@H](NC(=O)c1ccc2[nH]c(O)c(C(=Nc3ccc(CN4CCN(C)CC4)cc3)c3ccncc3)c2c1)c1ccccc1. The topological polar surface area (TPSA) is 96.8 Å². The molecule has 0 spiro atoms. The van der Waals surface area contributed by atoms with Crippen LogP contribution in [0.5, 0.6) is 5.88 Å². The molecule has 218 valence electrons. The van der Waals surface area contributed by atoms with Gasteiger partial charge in [-0.15, -0.1) is 0 Å². The van der Waals surface area contributed by atoms with Crippen molar-refractivity contribution in [1.29, 1.82) is 0 Å². The van der Waals surface area contributed by atoms with Crippen molar-refractivity contribution in [3.8, 4) is 5.88 Å². The lowest BCUT2D eigenvalue weighted by Gasteiger charge is -2.32. The highest BCUT2D eigenvalue weighted by Gasteiger charge is 2.21. The third-order valence-corrected chi connectivity index (χ3v) is 8.06. The fourth-order valence-corrected chi connectivity index (χ4v) is 5.51. The van der Waals surface area contributed by atoms with Crippen LogP contribution in [0.25, 0.3) is 10.9 Å². The maximum absolute atomic E-state index is 13.3. The minimum Gasteiger partial charge on any atom is -0.494 e. The first kappa shape index (κ1) is 28.3. The third-order valence-electron chi connectivity index (χ3n) is 8.06. The Morgan fingerprint density at radius 1 is 0.953 bits per heavy atom. The number of amides is 1. The van der Waals surface area contributed by atoms with Crippen LogP contribution in [-0.4, -0.2) is 69.7 Å². The van der Waals surface area contributed by atoms with Gasteiger partial charge >= 0.3 is 0 Å². The summed E-state index contributed by atoms with van der Waals surface area (Å²) in [6.45, 7) is 7.17. The number of aromatic nitrogens is 2. The van der Waals surface area contributed by atoms with Crippen molar-refractivity contribution in [2.45, 2.75) is 19.5 Å². The summed E-state index contributed by atoms with van der Waals surface area (Å²) in [6.07, 6.45) is 3.42. The number of fused-ring (bicyclic) bond motifs is 1. The van der Waals surface area contributed by atoms with E-state index in [1.807, 2.05) is 73.7 Å². The van der Waals surface area contributed by atoms with E-state index in [4.69, 9.17) is 4.99 Å². The van der Waals surface area contributed by atoms with Crippen molar-refractivity contribution in [1.82, 2.24) is 25.1 Å². The van der Waals surface area contributed by atoms with E-state index in [-0.39, 0.29) is 17.8 Å². The van der Waals surface area contributed by atoms with E-state index >= 15 is 0 Å². The van der Waals surface area contributed by atoms with Crippen LogP contribution in [-0.2, 0) is 6.54 Å². The van der Waals surface area contributed by atoms with E-state index in [9.17, 15) is 9.90 Å². The number of hydrogen-bond acceptors (Lipinski definition) is 6. The average molecular weight is 573 g/mol. The molecule has 0 radical (unpaired) electrons. The molecule has 1 fully saturated rings. The third kappa shape index (κ3) is 6.51. The number of nitrogens with zero attached hydrogens (tertiary/aromatic N) is 4. The van der Waals surface area contributed by atoms with Crippen LogP contribution in [0.2, 0.25) is 0 Å². The van der Waals surface area contributed by atoms with Crippen molar-refractivity contribution in [3.05, 3.63) is 125 Å². The zero-order valence-electron chi connectivity index (χ0n) is 24.5. The molecule has 1 atom stereocenters. The molecule has 5 aromatic rings. The Morgan fingerprint density at radius 3 is 2.40 bits per heavy atom. The van der Waals surface area contributed by atoms with Gasteiger partial charge in [0.1, 0.15) is 0 Å². The number of aliphatic imine (C=N–C) groups is 1. The van der Waals surface area contributed by atoms with Gasteiger partial charge in [0.25, 0.3) is 5.91 Å². The smallest absolute Gasteiger partial charge is 0.251 e. The van der Waals surface area contributed by atoms with E-state index < -0.39 is 0 Å². The number of carbonyl (C=O) groups is 1. The first-order chi connectivity index (χ1) is 20.9. The Hall–Kier alpha value is -4.79. The molecule has 3 heterocycles. The summed E-state index contributed by atoms with van der Waals surface area (Å²) in [5.41, 5.74) is 6.18. The molecule has 1 aliphatic rings. The number of pyridine rings is 1. The molecule has 6 rings (SSSR count). The lowest BCUT2D eigenvalue weighted by atomic mass is 10.00. The molecule has 1 amide bonds. The molecule has 3 N–H and O–H groups in total. The first-order valence-corrected chi connectivity index (χ1v) is 14.6. The fourth-order valence-electron chi connectivity index (χ4n) is 5.51. The summed E-state index contributed by atoms with van der Waals surface area (Å²) in [5.74, 6) is -0.198. The molecule has 43 heavy (non-hydrogen) atoms. The number of piperazine rings is 1. The Balaban J connectivity index is 1.32. The molecule has 1 saturated heterocycles. The number of aromatic amines is 1. The molecule has 3 aromatic carbocycles. The van der Waals surface area contributed by atoms with Gasteiger partial charge < -0.3 is 20.3 Å². The van der Waals surface area contributed by atoms with Gasteiger partial charge in [-0.2, -0.15) is 0 Å². The second kappa shape index (κ2) is 12.6. The summed E-state index contributed by atoms with van der Waals surface area (Å²) >= 11 is 0. The zero-order chi connectivity index (χ0) is 29.8. The van der Waals surface area contributed by atoms with Gasteiger partial charge in [0.2, 0.25) is 0 Å². The monoisotopic (exact) mass is 572 g/mol. The van der Waals surface area contributed by atoms with Gasteiger partial charge in [0.15, 0.2) is 5.88 Å². The van der Waals surface area contributed by atoms with E-state index in [1.165, 1.54) is 5.56 Å². The van der Waals surface area contributed by atoms with Gasteiger partial charge in [0, 0.05) is 67.1 Å². The standard InChI is InChI=1S/C35H36N6O2/c1-24(26-6-4-3-5-7-26)37-34(42)28-10-13-31-30(22-28)32(35(43)39-31)33(27-14-16-36-17-15-27)38-29-11-8-25(9-12-29)23-41-20-18-40(2)19-21-41/h3-17,22,24,39,43H,18-21,23H2,1-2H3,(H,37,42)/t24-/m1/s1. The van der Waals surface area contributed by atoms with Crippen molar-refractivity contribution < 1.29 is 9.90 Å². The Morgan fingerprint density at radius 2 is 1.67 bits per heavy atom. The summed E-state index contributed by atoms with van der Waals surface area (Å²) < 4.78 is 0. The van der Waals surface area contributed by atoms with Crippen molar-refractivity contribution in [3.63, 3.8) is 0 Å². The normalized spacial score (nSPS) is 15.4. The van der Waals surface area contributed by atoms with Crippen LogP contribution >= 0.6 is 0 Å². The summed E-state index contributed by atoms with van der Waals surface area (Å²) in [7, 11) is 2.16. The quantitative estimate of drug-likeness (QED) is 0.208. The Bertz CT molecular complexity index is 1720. The highest BCUT2D eigenvalue weighted by Crippen LogP contribution is 2.32. The molecule has 0 aliphatic carbocycles. The number of benzene rings is 3. The number of H-pyrrole nitrogens is 1. The molecule has 1 aliphatic heterocycles. The van der Waals surface area contributed by atoms with E-state index in [2.05, 4.69) is 44.3 Å². The predicted octanol–water partition coefficient (Wildman–Crippen LogP) is 5.68. The summed E-state index contributed by atoms with van der Waals surface area (Å²) in [4.78, 5) is 30.4. The predicted molar refractivity (Wildman–Crippen MR) is 171 cm³/mol. The zero-order valence-corrected chi connectivity index (χ0v) is 24.5. The second-order valence-corrected chi connectivity index (χ2v) is 11.2. The number of hydrogen-bond donors (Lipinski definition) is 3. The molecule has 8 heteroatoms. The van der Waals surface area contributed by atoms with E-state index in [0.29, 0.717) is 27.7 Å². The number of carbonyl (C=O) groups excluding carboxylic acids is 1. The van der Waals surface area contributed by atoms with Crippen LogP contribution in [0.15, 0.2) is 102 Å². The number of likely N-dealkylation sites (N-methyl/N-ethyl adjacent to an activating group) is 1. The van der Waals surface area contributed by atoms with Crippen LogP contribution in [0.4, 0.5) is 5.69 Å². The van der Waals surface area contributed by atoms with Gasteiger partial charge in [-0.3, -0.25) is 14.7 Å². The molecular formula is C35H36N6O2.